The number of imide groups is 1. The molecule has 0 aromatic rings. The molecule has 0 radical (unpaired) electrons. The molecule has 1 saturated carbocycles. The highest BCUT2D eigenvalue weighted by molar-refractivity contribution is 8.00. The molecule has 1 saturated heterocycles. The number of carbonyl (C=O) groups is 8. The summed E-state index contributed by atoms with van der Waals surface area (Å²) >= 11 is 7.36. The second kappa shape index (κ2) is 29.6. The highest BCUT2D eigenvalue weighted by atomic mass is 35.5. The van der Waals surface area contributed by atoms with Gasteiger partial charge in [0.25, 0.3) is 0 Å². The summed E-state index contributed by atoms with van der Waals surface area (Å²) in [5.74, 6) is -1.25. The van der Waals surface area contributed by atoms with E-state index in [1.807, 2.05) is 46.8 Å². The fourth-order valence-electron chi connectivity index (χ4n) is 7.89. The normalized spacial score (nSPS) is 21.7. The molecule has 19 heteroatoms. The lowest BCUT2D eigenvalue weighted by Gasteiger charge is -2.29. The summed E-state index contributed by atoms with van der Waals surface area (Å²) in [6.07, 6.45) is 18.3. The summed E-state index contributed by atoms with van der Waals surface area (Å²) in [5, 5.41) is 13.7. The van der Waals surface area contributed by atoms with E-state index in [4.69, 9.17) is 25.8 Å². The van der Waals surface area contributed by atoms with Crippen LogP contribution in [0.4, 0.5) is 4.79 Å². The zero-order chi connectivity index (χ0) is 51.1. The third-order valence-corrected chi connectivity index (χ3v) is 13.2. The molecule has 2 unspecified atom stereocenters. The molecule has 2 fully saturated rings. The molecule has 5 N–H and O–H groups in total. The number of methoxy groups -OCH3 is 1. The number of alkyl carbamates (subject to hydrolysis) is 1. The van der Waals surface area contributed by atoms with Crippen LogP contribution in [0.25, 0.3) is 0 Å². The van der Waals surface area contributed by atoms with Gasteiger partial charge in [-0.1, -0.05) is 81.3 Å². The number of ether oxygens (including phenoxy) is 3. The summed E-state index contributed by atoms with van der Waals surface area (Å²) in [6, 6.07) is -0.883. The van der Waals surface area contributed by atoms with Gasteiger partial charge in [0.05, 0.1) is 12.4 Å². The second-order valence-electron chi connectivity index (χ2n) is 18.6. The minimum Gasteiger partial charge on any atom is -0.490 e. The maximum atomic E-state index is 13.3. The average molecular weight is 1000 g/mol. The highest BCUT2D eigenvalue weighted by Gasteiger charge is 2.40. The molecule has 17 nitrogen and oxygen atoms in total. The number of amides is 7. The molecule has 0 bridgehead atoms. The topological polar surface area (TPSA) is 228 Å². The van der Waals surface area contributed by atoms with Crippen LogP contribution in [-0.2, 0) is 47.8 Å². The number of carbonyl (C=O) groups excluding carboxylic acids is 8. The van der Waals surface area contributed by atoms with Crippen molar-refractivity contribution in [2.75, 3.05) is 39.5 Å². The number of nitrogens with zero attached hydrogens (tertiary/aromatic N) is 1. The largest absolute Gasteiger partial charge is 0.490 e. The lowest BCUT2D eigenvalue weighted by Crippen LogP contribution is -2.52. The first kappa shape index (κ1) is 58.0. The van der Waals surface area contributed by atoms with Crippen LogP contribution in [-0.4, -0.2) is 115 Å². The maximum Gasteiger partial charge on any atom is 0.407 e. The first-order valence-corrected chi connectivity index (χ1v) is 25.1. The van der Waals surface area contributed by atoms with Crippen molar-refractivity contribution < 1.29 is 52.6 Å². The van der Waals surface area contributed by atoms with Crippen LogP contribution in [0.1, 0.15) is 106 Å². The third-order valence-electron chi connectivity index (χ3n) is 11.8. The summed E-state index contributed by atoms with van der Waals surface area (Å²) in [6.45, 7) is 12.0. The lowest BCUT2D eigenvalue weighted by atomic mass is 9.81. The molecule has 5 atom stereocenters. The predicted octanol–water partition coefficient (Wildman–Crippen LogP) is 6.01. The zero-order valence-corrected chi connectivity index (χ0v) is 42.9. The van der Waals surface area contributed by atoms with E-state index < -0.39 is 46.7 Å². The van der Waals surface area contributed by atoms with Crippen molar-refractivity contribution in [2.24, 2.45) is 23.2 Å². The van der Waals surface area contributed by atoms with Gasteiger partial charge in [0.15, 0.2) is 5.76 Å². The highest BCUT2D eigenvalue weighted by Crippen LogP contribution is 2.33. The molecule has 2 aliphatic heterocycles. The van der Waals surface area contributed by atoms with Gasteiger partial charge in [0, 0.05) is 87.5 Å². The van der Waals surface area contributed by atoms with Gasteiger partial charge in [-0.25, -0.2) is 9.59 Å². The Balaban J connectivity index is 1.35. The Morgan fingerprint density at radius 2 is 1.70 bits per heavy atom. The Hall–Kier alpha value is -5.36. The van der Waals surface area contributed by atoms with Crippen molar-refractivity contribution in [1.29, 1.82) is 0 Å². The van der Waals surface area contributed by atoms with E-state index in [0.717, 1.165) is 31.3 Å². The number of thioether (sulfide) groups is 1. The monoisotopic (exact) mass is 1000 g/mol. The fourth-order valence-corrected chi connectivity index (χ4v) is 9.10. The standard InChI is InChI=1S/C50H73ClN6O11S/c1-32(29-33(2)38-22-23-39(66-8)48(64)68-38)13-9-10-15-42(59)56-44(50(4,5)6)46(62)54-25-11-14-37(21-16-34(3)51)67-49(65)55-27-12-26-53-41(58)24-28-69-40-30-43(60)57(47(40)63)31-35-17-19-36(20-18-35)45(61)52-7/h9-11,13,15-16,23,25,29,33,35-38,40,44H,12,14,17-22,24,26-28,30-31H2,1-8H3,(H,52,61)(H,53,58)(H,54,62)(H,55,65)(H,56,59)/b13-9-,15-10-,25-11-,32-29+,34-16+/t33-,35?,36?,37+,38-,40?,44?/m0/s1. The van der Waals surface area contributed by atoms with Gasteiger partial charge >= 0.3 is 12.1 Å². The number of rotatable bonds is 25. The molecular weight excluding hydrogens is 928 g/mol. The van der Waals surface area contributed by atoms with E-state index in [0.29, 0.717) is 43.1 Å². The maximum absolute atomic E-state index is 13.3. The minimum absolute atomic E-state index is 0.0172. The Bertz CT molecular complexity index is 2000. The average Bonchev–Trinajstić information content (AvgIpc) is 3.56. The number of hydrogen-bond donors (Lipinski definition) is 5. The molecule has 0 spiro atoms. The van der Waals surface area contributed by atoms with Gasteiger partial charge in [-0.05, 0) is 69.6 Å². The van der Waals surface area contributed by atoms with Gasteiger partial charge in [-0.3, -0.25) is 33.7 Å². The van der Waals surface area contributed by atoms with Crippen LogP contribution in [0.3, 0.4) is 0 Å². The number of likely N-dealkylation sites (tertiary alicyclic amines) is 1. The van der Waals surface area contributed by atoms with Gasteiger partial charge in [-0.2, -0.15) is 0 Å². The summed E-state index contributed by atoms with van der Waals surface area (Å²) in [4.78, 5) is 102. The number of halogens is 1. The predicted molar refractivity (Wildman–Crippen MR) is 266 cm³/mol. The van der Waals surface area contributed by atoms with E-state index in [2.05, 4.69) is 26.6 Å². The molecule has 69 heavy (non-hydrogen) atoms. The van der Waals surface area contributed by atoms with Gasteiger partial charge in [-0.15, -0.1) is 11.8 Å². The van der Waals surface area contributed by atoms with E-state index in [-0.39, 0.29) is 79.1 Å². The van der Waals surface area contributed by atoms with Gasteiger partial charge in [0.2, 0.25) is 35.4 Å². The smallest absolute Gasteiger partial charge is 0.407 e. The number of cyclic esters (lactones) is 1. The van der Waals surface area contributed by atoms with Crippen molar-refractivity contribution >= 4 is 70.9 Å². The third kappa shape index (κ3) is 21.0. The summed E-state index contributed by atoms with van der Waals surface area (Å²) < 4.78 is 16.1. The first-order valence-electron chi connectivity index (χ1n) is 23.7. The van der Waals surface area contributed by atoms with Crippen LogP contribution < -0.4 is 26.6 Å². The Morgan fingerprint density at radius 3 is 2.35 bits per heavy atom. The van der Waals surface area contributed by atoms with Crippen molar-refractivity contribution in [2.45, 2.75) is 129 Å². The van der Waals surface area contributed by atoms with Crippen molar-refractivity contribution in [3.8, 4) is 0 Å². The summed E-state index contributed by atoms with van der Waals surface area (Å²) in [7, 11) is 3.06. The lowest BCUT2D eigenvalue weighted by molar-refractivity contribution is -0.151. The van der Waals surface area contributed by atoms with Crippen LogP contribution in [0.2, 0.25) is 0 Å². The Labute approximate surface area is 416 Å². The first-order chi connectivity index (χ1) is 32.7. The van der Waals surface area contributed by atoms with Crippen molar-refractivity contribution in [1.82, 2.24) is 31.5 Å². The van der Waals surface area contributed by atoms with Gasteiger partial charge < -0.3 is 40.8 Å². The second-order valence-corrected chi connectivity index (χ2v) is 20.5. The van der Waals surface area contributed by atoms with E-state index in [1.165, 1.54) is 36.0 Å². The van der Waals surface area contributed by atoms with E-state index in [1.54, 1.807) is 44.4 Å². The quantitative estimate of drug-likeness (QED) is 0.0233. The molecular formula is C50H73ClN6O11S. The number of hydrogen-bond acceptors (Lipinski definition) is 12. The van der Waals surface area contributed by atoms with E-state index in [9.17, 15) is 38.4 Å². The van der Waals surface area contributed by atoms with Crippen molar-refractivity contribution in [3.05, 3.63) is 71.2 Å². The SMILES string of the molecule is CNC(=O)C1CCC(CN2C(=O)CC(SCCC(=O)NCCCNC(=O)O[C@H](C/C=C\NC(=O)C(NC(=O)\C=C/C=C\C(C)=C\[C@H](C)[C@@H]3CC=C(OC)C(=O)O3)C(C)(C)C)C/C=C(\C)Cl)C2=O)CC1. The van der Waals surface area contributed by atoms with Crippen LogP contribution >= 0.6 is 23.4 Å². The number of esters is 1. The molecule has 3 aliphatic rings. The number of nitrogens with one attached hydrogen (secondary N) is 5. The van der Waals surface area contributed by atoms with Crippen LogP contribution in [0, 0.1) is 23.2 Å². The van der Waals surface area contributed by atoms with Crippen LogP contribution in [0.15, 0.2) is 71.2 Å². The molecule has 7 amide bonds. The molecule has 1 aliphatic carbocycles. The summed E-state index contributed by atoms with van der Waals surface area (Å²) in [5.41, 5.74) is 0.274. The van der Waals surface area contributed by atoms with Crippen molar-refractivity contribution in [3.63, 3.8) is 0 Å². The number of allylic oxidation sites excluding steroid dienone is 5. The molecule has 0 aromatic heterocycles. The van der Waals surface area contributed by atoms with E-state index >= 15 is 0 Å². The molecule has 3 rings (SSSR count). The fraction of sp³-hybridized carbons (Fsp3) is 0.600. The van der Waals surface area contributed by atoms with Gasteiger partial charge in [0.1, 0.15) is 18.2 Å². The Kier molecular flexibility index (Phi) is 24.9. The zero-order valence-electron chi connectivity index (χ0n) is 41.4. The molecule has 2 heterocycles. The minimum atomic E-state index is -0.883. The van der Waals surface area contributed by atoms with Crippen LogP contribution in [0.5, 0.6) is 0 Å². The molecule has 382 valence electrons. The Morgan fingerprint density at radius 1 is 1.00 bits per heavy atom. The molecule has 0 aromatic carbocycles.